The molecule has 0 aromatic heterocycles. The number of hydrogen-bond acceptors (Lipinski definition) is 1. The Morgan fingerprint density at radius 3 is 2.67 bits per heavy atom. The van der Waals surface area contributed by atoms with E-state index in [0.717, 1.165) is 19.1 Å². The normalized spacial score (nSPS) is 39.0. The minimum Gasteiger partial charge on any atom is -0.381 e. The van der Waals surface area contributed by atoms with Gasteiger partial charge in [-0.15, -0.1) is 0 Å². The molecule has 0 amide bonds. The highest BCUT2D eigenvalue weighted by atomic mass is 16.5. The Kier molecular flexibility index (Phi) is 1.10. The smallest absolute Gasteiger partial charge is 0.0524 e. The van der Waals surface area contributed by atoms with E-state index in [1.807, 2.05) is 0 Å². The van der Waals surface area contributed by atoms with Gasteiger partial charge in [0.05, 0.1) is 6.61 Å². The van der Waals surface area contributed by atoms with Crippen molar-refractivity contribution in [3.63, 3.8) is 0 Å². The first kappa shape index (κ1) is 5.72. The largest absolute Gasteiger partial charge is 0.381 e. The second-order valence-electron chi connectivity index (χ2n) is 3.60. The van der Waals surface area contributed by atoms with Crippen LogP contribution in [0.25, 0.3) is 0 Å². The van der Waals surface area contributed by atoms with Crippen LogP contribution >= 0.6 is 0 Å². The van der Waals surface area contributed by atoms with Gasteiger partial charge in [0, 0.05) is 6.61 Å². The maximum atomic E-state index is 5.42. The van der Waals surface area contributed by atoms with Gasteiger partial charge in [-0.05, 0) is 30.6 Å². The fourth-order valence-electron chi connectivity index (χ4n) is 1.78. The van der Waals surface area contributed by atoms with Crippen LogP contribution in [0.2, 0.25) is 0 Å². The zero-order valence-electron chi connectivity index (χ0n) is 6.02. The van der Waals surface area contributed by atoms with E-state index in [1.54, 1.807) is 0 Å². The number of hydrogen-bond donors (Lipinski definition) is 0. The summed E-state index contributed by atoms with van der Waals surface area (Å²) < 4.78 is 5.42. The molecule has 1 saturated heterocycles. The van der Waals surface area contributed by atoms with E-state index in [4.69, 9.17) is 4.74 Å². The van der Waals surface area contributed by atoms with Crippen LogP contribution in [0.5, 0.6) is 0 Å². The Balaban J connectivity index is 2.03. The summed E-state index contributed by atoms with van der Waals surface area (Å²) >= 11 is 0. The fourth-order valence-corrected chi connectivity index (χ4v) is 1.78. The quantitative estimate of drug-likeness (QED) is 0.481. The standard InChI is InChI=1S/C8H14O/c1-7-2-5-9-6-8(7)3-4-8/h7H,2-6H2,1H3. The van der Waals surface area contributed by atoms with Gasteiger partial charge in [-0.25, -0.2) is 0 Å². The minimum absolute atomic E-state index is 0.665. The molecule has 0 radical (unpaired) electrons. The van der Waals surface area contributed by atoms with Crippen molar-refractivity contribution in [3.8, 4) is 0 Å². The molecule has 0 aromatic rings. The van der Waals surface area contributed by atoms with Crippen molar-refractivity contribution in [1.29, 1.82) is 0 Å². The summed E-state index contributed by atoms with van der Waals surface area (Å²) in [6.07, 6.45) is 4.14. The Morgan fingerprint density at radius 2 is 2.22 bits per heavy atom. The van der Waals surface area contributed by atoms with E-state index in [-0.39, 0.29) is 0 Å². The third-order valence-electron chi connectivity index (χ3n) is 3.02. The fraction of sp³-hybridized carbons (Fsp3) is 1.00. The van der Waals surface area contributed by atoms with Gasteiger partial charge in [0.25, 0.3) is 0 Å². The Hall–Kier alpha value is -0.0400. The van der Waals surface area contributed by atoms with Gasteiger partial charge in [-0.2, -0.15) is 0 Å². The van der Waals surface area contributed by atoms with Gasteiger partial charge in [-0.3, -0.25) is 0 Å². The van der Waals surface area contributed by atoms with Gasteiger partial charge < -0.3 is 4.74 Å². The minimum atomic E-state index is 0.665. The van der Waals surface area contributed by atoms with Crippen LogP contribution in [0, 0.1) is 11.3 Å². The highest BCUT2D eigenvalue weighted by Gasteiger charge is 2.48. The Bertz CT molecular complexity index is 116. The molecule has 1 nitrogen and oxygen atoms in total. The lowest BCUT2D eigenvalue weighted by molar-refractivity contribution is 0.00949. The van der Waals surface area contributed by atoms with Crippen LogP contribution < -0.4 is 0 Å². The van der Waals surface area contributed by atoms with Crippen LogP contribution in [0.4, 0.5) is 0 Å². The summed E-state index contributed by atoms with van der Waals surface area (Å²) in [4.78, 5) is 0. The van der Waals surface area contributed by atoms with Crippen LogP contribution in [-0.4, -0.2) is 13.2 Å². The maximum Gasteiger partial charge on any atom is 0.0524 e. The summed E-state index contributed by atoms with van der Waals surface area (Å²) in [6, 6.07) is 0. The monoisotopic (exact) mass is 126 g/mol. The zero-order chi connectivity index (χ0) is 6.32. The summed E-state index contributed by atoms with van der Waals surface area (Å²) in [7, 11) is 0. The molecule has 1 heteroatoms. The highest BCUT2D eigenvalue weighted by molar-refractivity contribution is 4.98. The molecule has 2 aliphatic rings. The van der Waals surface area contributed by atoms with E-state index < -0.39 is 0 Å². The molecular weight excluding hydrogens is 112 g/mol. The SMILES string of the molecule is CC1CCOCC12CC2. The Morgan fingerprint density at radius 1 is 1.44 bits per heavy atom. The van der Waals surface area contributed by atoms with Crippen LogP contribution in [-0.2, 0) is 4.74 Å². The molecule has 0 bridgehead atoms. The predicted octanol–water partition coefficient (Wildman–Crippen LogP) is 1.82. The third-order valence-corrected chi connectivity index (χ3v) is 3.02. The van der Waals surface area contributed by atoms with Crippen LogP contribution in [0.1, 0.15) is 26.2 Å². The van der Waals surface area contributed by atoms with Crippen LogP contribution in [0.3, 0.4) is 0 Å². The zero-order valence-corrected chi connectivity index (χ0v) is 6.02. The first-order valence-electron chi connectivity index (χ1n) is 3.91. The molecule has 1 aliphatic carbocycles. The Labute approximate surface area is 56.4 Å². The topological polar surface area (TPSA) is 9.23 Å². The molecular formula is C8H14O. The molecule has 1 spiro atoms. The second-order valence-corrected chi connectivity index (χ2v) is 3.60. The van der Waals surface area contributed by atoms with E-state index in [1.165, 1.54) is 19.3 Å². The van der Waals surface area contributed by atoms with E-state index >= 15 is 0 Å². The molecule has 1 saturated carbocycles. The lowest BCUT2D eigenvalue weighted by atomic mass is 9.87. The highest BCUT2D eigenvalue weighted by Crippen LogP contribution is 2.54. The van der Waals surface area contributed by atoms with E-state index in [9.17, 15) is 0 Å². The average Bonchev–Trinajstić information content (AvgIpc) is 2.60. The average molecular weight is 126 g/mol. The molecule has 1 aliphatic heterocycles. The van der Waals surface area contributed by atoms with Crippen molar-refractivity contribution in [2.24, 2.45) is 11.3 Å². The molecule has 2 rings (SSSR count). The number of rotatable bonds is 0. The lowest BCUT2D eigenvalue weighted by Gasteiger charge is -2.28. The van der Waals surface area contributed by atoms with Gasteiger partial charge in [0.1, 0.15) is 0 Å². The van der Waals surface area contributed by atoms with Crippen molar-refractivity contribution in [2.75, 3.05) is 13.2 Å². The van der Waals surface area contributed by atoms with E-state index in [0.29, 0.717) is 5.41 Å². The van der Waals surface area contributed by atoms with Crippen LogP contribution in [0.15, 0.2) is 0 Å². The van der Waals surface area contributed by atoms with Gasteiger partial charge in [-0.1, -0.05) is 6.92 Å². The predicted molar refractivity (Wildman–Crippen MR) is 36.3 cm³/mol. The second kappa shape index (κ2) is 1.72. The molecule has 1 unspecified atom stereocenters. The molecule has 2 fully saturated rings. The summed E-state index contributed by atoms with van der Waals surface area (Å²) in [5.41, 5.74) is 0.665. The molecule has 9 heavy (non-hydrogen) atoms. The molecule has 1 atom stereocenters. The first-order valence-corrected chi connectivity index (χ1v) is 3.91. The van der Waals surface area contributed by atoms with Crippen molar-refractivity contribution in [1.82, 2.24) is 0 Å². The van der Waals surface area contributed by atoms with Crippen molar-refractivity contribution in [2.45, 2.75) is 26.2 Å². The first-order chi connectivity index (χ1) is 4.33. The maximum absolute atomic E-state index is 5.42. The third kappa shape index (κ3) is 0.787. The molecule has 0 N–H and O–H groups in total. The molecule has 0 aromatic carbocycles. The van der Waals surface area contributed by atoms with E-state index in [2.05, 4.69) is 6.92 Å². The lowest BCUT2D eigenvalue weighted by Crippen LogP contribution is -2.26. The van der Waals surface area contributed by atoms with Gasteiger partial charge in [0.2, 0.25) is 0 Å². The molecule has 1 heterocycles. The van der Waals surface area contributed by atoms with Crippen molar-refractivity contribution in [3.05, 3.63) is 0 Å². The van der Waals surface area contributed by atoms with Gasteiger partial charge >= 0.3 is 0 Å². The summed E-state index contributed by atoms with van der Waals surface area (Å²) in [6.45, 7) is 4.42. The summed E-state index contributed by atoms with van der Waals surface area (Å²) in [5, 5.41) is 0. The van der Waals surface area contributed by atoms with Crippen molar-refractivity contribution >= 4 is 0 Å². The molecule has 52 valence electrons. The number of ether oxygens (including phenoxy) is 1. The summed E-state index contributed by atoms with van der Waals surface area (Å²) in [5.74, 6) is 0.936. The van der Waals surface area contributed by atoms with Crippen molar-refractivity contribution < 1.29 is 4.74 Å². The van der Waals surface area contributed by atoms with Gasteiger partial charge in [0.15, 0.2) is 0 Å².